The van der Waals surface area contributed by atoms with Gasteiger partial charge in [0.2, 0.25) is 0 Å². The summed E-state index contributed by atoms with van der Waals surface area (Å²) in [5, 5.41) is 0. The molecule has 16 heteroatoms. The molecule has 0 fully saturated rings. The summed E-state index contributed by atoms with van der Waals surface area (Å²) < 4.78 is 66.9. The monoisotopic (exact) mass is 1290 g/mol. The molecule has 0 saturated carbocycles. The van der Waals surface area contributed by atoms with Crippen LogP contribution in [0.2, 0.25) is 0 Å². The number of hydrogen-bond donors (Lipinski definition) is 0. The molecule has 3 rings (SSSR count). The number of phosphoric ester groups is 3. The van der Waals surface area contributed by atoms with E-state index in [2.05, 4.69) is 62.3 Å². The molecule has 0 aromatic heterocycles. The van der Waals surface area contributed by atoms with Crippen molar-refractivity contribution in [3.05, 3.63) is 89.5 Å². The molecule has 6 unspecified atom stereocenters. The van der Waals surface area contributed by atoms with Crippen molar-refractivity contribution in [1.29, 1.82) is 0 Å². The van der Waals surface area contributed by atoms with Crippen LogP contribution in [0.3, 0.4) is 0 Å². The number of unbranched alkanes of at least 4 members (excludes halogenated alkanes) is 21. The van der Waals surface area contributed by atoms with E-state index in [-0.39, 0.29) is 54.9 Å². The fourth-order valence-electron chi connectivity index (χ4n) is 9.76. The van der Waals surface area contributed by atoms with Crippen LogP contribution in [0.5, 0.6) is 17.2 Å². The van der Waals surface area contributed by atoms with E-state index in [1.165, 1.54) is 152 Å². The standard InChI is InChI=1S/3C23H41O4P.Cr/c3*1-4-7-9-10-11-12-13-15-22-16-18-23(19-17-22)27-28(24,25)26-20-21(6-3)14-8-5-2;/h3*16-19,21H,4-15,20H2,1-3H3,(H,24,25);/q;;;+3/p-3. The quantitative estimate of drug-likeness (QED) is 0.0387. The van der Waals surface area contributed by atoms with Gasteiger partial charge < -0.3 is 41.8 Å². The molecule has 0 aliphatic carbocycles. The van der Waals surface area contributed by atoms with E-state index in [0.717, 1.165) is 96.3 Å². The fraction of sp³-hybridized carbons (Fsp3) is 0.739. The van der Waals surface area contributed by atoms with Gasteiger partial charge in [0.25, 0.3) is 0 Å². The molecule has 6 atom stereocenters. The van der Waals surface area contributed by atoms with E-state index in [1.54, 1.807) is 36.4 Å². The fourth-order valence-corrected chi connectivity index (χ4v) is 12.2. The van der Waals surface area contributed by atoms with Crippen LogP contribution in [0, 0.1) is 17.8 Å². The maximum absolute atomic E-state index is 12.1. The molecule has 0 aliphatic rings. The predicted octanol–water partition coefficient (Wildman–Crippen LogP) is 21.2. The average molecular weight is 1290 g/mol. The van der Waals surface area contributed by atoms with Gasteiger partial charge in [-0.1, -0.05) is 272 Å². The smallest absolute Gasteiger partial charge is 0.746 e. The number of rotatable bonds is 51. The maximum atomic E-state index is 12.1. The van der Waals surface area contributed by atoms with Crippen molar-refractivity contribution in [2.24, 2.45) is 17.8 Å². The first-order valence-electron chi connectivity index (χ1n) is 33.7. The van der Waals surface area contributed by atoms with Gasteiger partial charge in [0.15, 0.2) is 0 Å². The van der Waals surface area contributed by atoms with Gasteiger partial charge >= 0.3 is 40.8 Å². The van der Waals surface area contributed by atoms with Crippen molar-refractivity contribution in [3.63, 3.8) is 0 Å². The van der Waals surface area contributed by atoms with Gasteiger partial charge in [-0.3, -0.25) is 13.7 Å². The zero-order valence-corrected chi connectivity index (χ0v) is 58.8. The van der Waals surface area contributed by atoms with Gasteiger partial charge in [0, 0.05) is 0 Å². The van der Waals surface area contributed by atoms with E-state index in [4.69, 9.17) is 27.1 Å². The molecule has 12 nitrogen and oxygen atoms in total. The topological polar surface area (TPSA) is 176 Å². The summed E-state index contributed by atoms with van der Waals surface area (Å²) in [7, 11) is -13.0. The molecular weight excluding hydrogens is 1170 g/mol. The molecule has 1 radical (unpaired) electrons. The number of aryl methyl sites for hydroxylation is 3. The van der Waals surface area contributed by atoms with Gasteiger partial charge in [-0.25, -0.2) is 0 Å². The first kappa shape index (κ1) is 83.0. The molecule has 0 heterocycles. The Morgan fingerprint density at radius 3 is 0.706 bits per heavy atom. The van der Waals surface area contributed by atoms with Crippen molar-refractivity contribution in [2.75, 3.05) is 19.8 Å². The summed E-state index contributed by atoms with van der Waals surface area (Å²) in [6.07, 6.45) is 42.4. The second-order valence-corrected chi connectivity index (χ2v) is 27.3. The van der Waals surface area contributed by atoms with Gasteiger partial charge in [0.05, 0.1) is 19.8 Å². The van der Waals surface area contributed by atoms with Crippen LogP contribution in [-0.2, 0) is 63.9 Å². The molecule has 3 aromatic rings. The Morgan fingerprint density at radius 1 is 0.306 bits per heavy atom. The number of phosphoric acid groups is 3. The third-order valence-corrected chi connectivity index (χ3v) is 18.4. The first-order chi connectivity index (χ1) is 40.5. The molecule has 489 valence electrons. The summed E-state index contributed by atoms with van der Waals surface area (Å²) in [6.45, 7) is 19.9. The molecule has 3 aromatic carbocycles. The normalized spacial score (nSPS) is 14.4. The average Bonchev–Trinajstić information content (AvgIpc) is 3.69. The zero-order valence-electron chi connectivity index (χ0n) is 54.9. The maximum Gasteiger partial charge on any atom is 3.00 e. The Kier molecular flexibility index (Phi) is 52.6. The van der Waals surface area contributed by atoms with E-state index < -0.39 is 23.5 Å². The van der Waals surface area contributed by atoms with Gasteiger partial charge in [-0.15, -0.1) is 0 Å². The van der Waals surface area contributed by atoms with Crippen LogP contribution in [-0.4, -0.2) is 19.8 Å². The Balaban J connectivity index is 0.00000124. The van der Waals surface area contributed by atoms with Crippen LogP contribution < -0.4 is 28.3 Å². The zero-order chi connectivity index (χ0) is 62.0. The van der Waals surface area contributed by atoms with Crippen molar-refractivity contribution < 1.29 is 72.9 Å². The van der Waals surface area contributed by atoms with Crippen LogP contribution >= 0.6 is 23.5 Å². The second kappa shape index (κ2) is 53.8. The molecule has 0 N–H and O–H groups in total. The second-order valence-electron chi connectivity index (χ2n) is 23.3. The van der Waals surface area contributed by atoms with Crippen molar-refractivity contribution in [2.45, 2.75) is 293 Å². The van der Waals surface area contributed by atoms with Gasteiger partial charge in [-0.2, -0.15) is 0 Å². The molecule has 85 heavy (non-hydrogen) atoms. The van der Waals surface area contributed by atoms with Crippen molar-refractivity contribution in [1.82, 2.24) is 0 Å². The van der Waals surface area contributed by atoms with E-state index in [1.807, 2.05) is 36.4 Å². The first-order valence-corrected chi connectivity index (χ1v) is 38.1. The minimum atomic E-state index is -4.32. The minimum Gasteiger partial charge on any atom is -0.746 e. The molecule has 0 spiro atoms. The Hall–Kier alpha value is -1.96. The summed E-state index contributed by atoms with van der Waals surface area (Å²) in [5.74, 6) is 1.75. The Labute approximate surface area is 531 Å². The number of hydrogen-bond acceptors (Lipinski definition) is 12. The SMILES string of the molecule is CCCCCCCCCc1ccc(OP(=O)([O-])OCC(CC)CCCC)cc1.CCCCCCCCCc1ccc(OP(=O)([O-])OCC(CC)CCCC)cc1.CCCCCCCCCc1ccc(OP(=O)([O-])OCC(CC)CCCC)cc1.[Cr+3]. The van der Waals surface area contributed by atoms with Crippen LogP contribution in [0.1, 0.15) is 291 Å². The Morgan fingerprint density at radius 2 is 0.506 bits per heavy atom. The molecule has 0 amide bonds. The minimum absolute atomic E-state index is 0. The van der Waals surface area contributed by atoms with Crippen LogP contribution in [0.25, 0.3) is 0 Å². The van der Waals surface area contributed by atoms with Crippen molar-refractivity contribution in [3.8, 4) is 17.2 Å². The number of benzene rings is 3. The molecule has 0 bridgehead atoms. The largest absolute Gasteiger partial charge is 3.00 e. The summed E-state index contributed by atoms with van der Waals surface area (Å²) >= 11 is 0. The summed E-state index contributed by atoms with van der Waals surface area (Å²) in [6, 6.07) is 22.0. The van der Waals surface area contributed by atoms with E-state index in [0.29, 0.717) is 17.2 Å². The van der Waals surface area contributed by atoms with E-state index in [9.17, 15) is 28.4 Å². The molecule has 0 saturated heterocycles. The van der Waals surface area contributed by atoms with Crippen LogP contribution in [0.15, 0.2) is 72.8 Å². The summed E-state index contributed by atoms with van der Waals surface area (Å²) in [5.41, 5.74) is 3.65. The van der Waals surface area contributed by atoms with Gasteiger partial charge in [-0.05, 0) is 129 Å². The predicted molar refractivity (Wildman–Crippen MR) is 347 cm³/mol. The van der Waals surface area contributed by atoms with Crippen molar-refractivity contribution >= 4 is 23.5 Å². The molecule has 0 aliphatic heterocycles. The summed E-state index contributed by atoms with van der Waals surface area (Å²) in [4.78, 5) is 36.2. The van der Waals surface area contributed by atoms with E-state index >= 15 is 0 Å². The molecular formula is C69H120CrO12P3. The third kappa shape index (κ3) is 46.7. The Bertz CT molecular complexity index is 1880. The van der Waals surface area contributed by atoms with Gasteiger partial charge in [0.1, 0.15) is 17.2 Å². The third-order valence-electron chi connectivity index (χ3n) is 15.7. The van der Waals surface area contributed by atoms with Crippen LogP contribution in [0.4, 0.5) is 0 Å².